The lowest BCUT2D eigenvalue weighted by Crippen LogP contribution is -2.60. The summed E-state index contributed by atoms with van der Waals surface area (Å²) in [6.45, 7) is 16.4. The molecule has 11 aliphatic rings. The van der Waals surface area contributed by atoms with Gasteiger partial charge in [-0.05, 0) is 286 Å². The van der Waals surface area contributed by atoms with E-state index >= 15 is 0 Å². The van der Waals surface area contributed by atoms with E-state index < -0.39 is 0 Å². The van der Waals surface area contributed by atoms with Crippen LogP contribution in [-0.4, -0.2) is 6.71 Å². The molecule has 1 aromatic heterocycles. The molecule has 8 saturated carbocycles. The van der Waals surface area contributed by atoms with Gasteiger partial charge in [-0.25, -0.2) is 0 Å². The highest BCUT2D eigenvalue weighted by Crippen LogP contribution is 2.70. The lowest BCUT2D eigenvalue weighted by molar-refractivity contribution is -0.0399. The lowest BCUT2D eigenvalue weighted by Gasteiger charge is -2.61. The molecule has 5 heteroatoms. The first-order valence-electron chi connectivity index (χ1n) is 36.6. The van der Waals surface area contributed by atoms with Crippen molar-refractivity contribution in [3.8, 4) is 33.4 Å². The summed E-state index contributed by atoms with van der Waals surface area (Å²) in [5.74, 6) is 5.88. The van der Waals surface area contributed by atoms with Crippen LogP contribution in [0.25, 0.3) is 43.5 Å². The Kier molecular flexibility index (Phi) is 12.5. The van der Waals surface area contributed by atoms with Crippen LogP contribution in [0.2, 0.25) is 0 Å². The molecule has 0 N–H and O–H groups in total. The van der Waals surface area contributed by atoms with Crippen molar-refractivity contribution in [2.24, 2.45) is 41.4 Å². The molecule has 0 unspecified atom stereocenters. The van der Waals surface area contributed by atoms with E-state index in [0.717, 1.165) is 46.7 Å². The molecule has 2 aliphatic heterocycles. The molecule has 0 atom stereocenters. The van der Waals surface area contributed by atoms with Gasteiger partial charge >= 0.3 is 0 Å². The second kappa shape index (κ2) is 20.8. The van der Waals surface area contributed by atoms with Gasteiger partial charge in [0.2, 0.25) is 0 Å². The Balaban J connectivity index is 0.801. The van der Waals surface area contributed by atoms with E-state index in [2.05, 4.69) is 282 Å². The van der Waals surface area contributed by atoms with Gasteiger partial charge in [0.1, 0.15) is 0 Å². The predicted octanol–water partition coefficient (Wildman–Crippen LogP) is 22.9. The first-order valence-corrected chi connectivity index (χ1v) is 37.4. The van der Waals surface area contributed by atoms with Gasteiger partial charge in [0, 0.05) is 65.7 Å². The van der Waals surface area contributed by atoms with E-state index in [9.17, 15) is 0 Å². The summed E-state index contributed by atoms with van der Waals surface area (Å²) in [5.41, 5.74) is 30.8. The Morgan fingerprint density at radius 3 is 1.70 bits per heavy atom. The fourth-order valence-electron chi connectivity index (χ4n) is 22.4. The molecule has 8 bridgehead atoms. The highest BCUT2D eigenvalue weighted by molar-refractivity contribution is 7.33. The van der Waals surface area contributed by atoms with Crippen molar-refractivity contribution in [1.82, 2.24) is 0 Å². The van der Waals surface area contributed by atoms with Crippen LogP contribution in [0.4, 0.5) is 51.2 Å². The van der Waals surface area contributed by atoms with Gasteiger partial charge in [-0.15, -0.1) is 11.3 Å². The van der Waals surface area contributed by atoms with Crippen LogP contribution in [0.1, 0.15) is 146 Å². The topological polar surface area (TPSA) is 9.72 Å². The van der Waals surface area contributed by atoms with E-state index in [1.807, 2.05) is 11.3 Å². The van der Waals surface area contributed by atoms with Gasteiger partial charge in [-0.2, -0.15) is 0 Å². The largest absolute Gasteiger partial charge is 0.311 e. The Labute approximate surface area is 573 Å². The third-order valence-electron chi connectivity index (χ3n) is 25.9. The molecule has 3 heterocycles. The fraction of sp³-hybridized carbons (Fsp3) is 0.319. The Morgan fingerprint density at radius 2 is 1.02 bits per heavy atom. The monoisotopic (exact) mass is 1260 g/mol. The number of aryl methyl sites for hydroxylation is 1. The molecule has 0 radical (unpaired) electrons. The maximum atomic E-state index is 2.78. The van der Waals surface area contributed by atoms with Crippen molar-refractivity contribution < 1.29 is 0 Å². The zero-order valence-electron chi connectivity index (χ0n) is 56.9. The molecule has 22 rings (SSSR count). The molecule has 474 valence electrons. The van der Waals surface area contributed by atoms with Crippen LogP contribution in [0.5, 0.6) is 0 Å². The number of fused-ring (bicyclic) bond motifs is 9. The van der Waals surface area contributed by atoms with Gasteiger partial charge in [0.25, 0.3) is 6.71 Å². The summed E-state index contributed by atoms with van der Waals surface area (Å²) in [5, 5.41) is 1.36. The Hall–Kier alpha value is -8.38. The van der Waals surface area contributed by atoms with Crippen molar-refractivity contribution >= 4 is 95.0 Å². The van der Waals surface area contributed by atoms with Crippen molar-refractivity contribution in [3.63, 3.8) is 0 Å². The van der Waals surface area contributed by atoms with Crippen molar-refractivity contribution in [2.75, 3.05) is 14.7 Å². The molecule has 1 spiro atoms. The smallest absolute Gasteiger partial charge is 0.264 e. The maximum absolute atomic E-state index is 2.78. The summed E-state index contributed by atoms with van der Waals surface area (Å²) in [6.07, 6.45) is 15.5. The summed E-state index contributed by atoms with van der Waals surface area (Å²) in [4.78, 5) is 7.99. The normalized spacial score (nSPS) is 25.1. The zero-order chi connectivity index (χ0) is 64.3. The van der Waals surface area contributed by atoms with E-state index in [-0.39, 0.29) is 23.0 Å². The quantitative estimate of drug-likeness (QED) is 0.140. The SMILES string of the molecule is Cc1cc2c3c(c1)N(c1ccc4c(c1)C1(c5ccccc5-4)C4CC5CC(C4)CC1C5)c1c(sc4ccc(C(C)(C)C)cc14)B3c1ccc(N(c3ccc(C(C)(C)C)cc3)c3ccccc3-c3ccccc3)cc1N2c1ccc(-c2ccc(C34CC5CC(CC(C5)C3)C4)cc2)cc1. The summed E-state index contributed by atoms with van der Waals surface area (Å²) in [7, 11) is 0. The lowest BCUT2D eigenvalue weighted by atomic mass is 9.36. The molecule has 0 saturated heterocycles. The highest BCUT2D eigenvalue weighted by Gasteiger charge is 2.62. The maximum Gasteiger partial charge on any atom is 0.264 e. The van der Waals surface area contributed by atoms with Crippen molar-refractivity contribution in [1.29, 1.82) is 0 Å². The Bertz CT molecular complexity index is 4920. The number of benzene rings is 10. The molecular formula is C91H86BN3S. The zero-order valence-corrected chi connectivity index (χ0v) is 57.7. The molecule has 3 nitrogen and oxygen atoms in total. The minimum atomic E-state index is -0.0329. The van der Waals surface area contributed by atoms with E-state index in [1.54, 1.807) is 16.7 Å². The fourth-order valence-corrected chi connectivity index (χ4v) is 23.7. The molecular weight excluding hydrogens is 1180 g/mol. The molecule has 96 heavy (non-hydrogen) atoms. The van der Waals surface area contributed by atoms with E-state index in [0.29, 0.717) is 17.3 Å². The average Bonchev–Trinajstić information content (AvgIpc) is 1.47. The van der Waals surface area contributed by atoms with Crippen LogP contribution < -0.4 is 30.4 Å². The van der Waals surface area contributed by atoms with Gasteiger partial charge in [-0.1, -0.05) is 181 Å². The third-order valence-corrected chi connectivity index (χ3v) is 27.2. The number of anilines is 9. The average molecular weight is 1260 g/mol. The van der Waals surface area contributed by atoms with Crippen LogP contribution in [0.15, 0.2) is 218 Å². The van der Waals surface area contributed by atoms with Crippen LogP contribution in [-0.2, 0) is 21.7 Å². The molecule has 9 aliphatic carbocycles. The van der Waals surface area contributed by atoms with Crippen molar-refractivity contribution in [3.05, 3.63) is 252 Å². The first-order chi connectivity index (χ1) is 46.6. The molecule has 0 amide bonds. The van der Waals surface area contributed by atoms with Crippen LogP contribution >= 0.6 is 11.3 Å². The molecule has 10 aromatic carbocycles. The summed E-state index contributed by atoms with van der Waals surface area (Å²) < 4.78 is 2.77. The van der Waals surface area contributed by atoms with Crippen LogP contribution in [0.3, 0.4) is 0 Å². The number of nitrogens with zero attached hydrogens (tertiary/aromatic N) is 3. The van der Waals surface area contributed by atoms with Gasteiger partial charge in [0.05, 0.1) is 11.4 Å². The standard InChI is InChI=1S/C91H86BN3S/c1-55-39-82-85-83(40-55)95(71-34-36-75-74-18-11-13-19-77(74)91(78(75)50-71)67-45-56-41-57(47-67)48-68(91)46-56)86-76-49-66(89(5,6)7)29-38-84(76)96-87(86)92(85)79-37-35-72(93(69-32-27-64(28-33-69)88(2,3)4)80-20-14-12-17-73(80)63-15-9-8-10-16-63)51-81(79)94(82)70-30-23-62(24-31-70)61-21-25-65(26-22-61)90-52-58-42-59(53-90)44-60(43-58)54-90/h8-40,49-51,56-60,67-68H,41-48,52-54H2,1-7H3. The van der Waals surface area contributed by atoms with Gasteiger partial charge in [-0.3, -0.25) is 0 Å². The predicted molar refractivity (Wildman–Crippen MR) is 407 cm³/mol. The van der Waals surface area contributed by atoms with Gasteiger partial charge in [0.15, 0.2) is 0 Å². The second-order valence-corrected chi connectivity index (χ2v) is 34.7. The number of para-hydroxylation sites is 1. The number of hydrogen-bond donors (Lipinski definition) is 0. The number of rotatable bonds is 8. The highest BCUT2D eigenvalue weighted by atomic mass is 32.1. The van der Waals surface area contributed by atoms with E-state index in [4.69, 9.17) is 0 Å². The second-order valence-electron chi connectivity index (χ2n) is 33.6. The molecule has 8 fully saturated rings. The minimum absolute atomic E-state index is 0.00764. The molecule has 11 aromatic rings. The minimum Gasteiger partial charge on any atom is -0.311 e. The summed E-state index contributed by atoms with van der Waals surface area (Å²) >= 11 is 2.03. The Morgan fingerprint density at radius 1 is 0.448 bits per heavy atom. The van der Waals surface area contributed by atoms with Crippen molar-refractivity contribution in [2.45, 2.75) is 141 Å². The first kappa shape index (κ1) is 57.8. The van der Waals surface area contributed by atoms with E-state index in [1.165, 1.54) is 181 Å². The number of thiophene rings is 1. The van der Waals surface area contributed by atoms with Gasteiger partial charge < -0.3 is 14.7 Å². The van der Waals surface area contributed by atoms with Crippen LogP contribution in [0, 0.1) is 48.3 Å². The number of hydrogen-bond acceptors (Lipinski definition) is 4. The third kappa shape index (κ3) is 8.56. The summed E-state index contributed by atoms with van der Waals surface area (Å²) in [6, 6.07) is 86.6.